The van der Waals surface area contributed by atoms with Gasteiger partial charge in [-0.25, -0.2) is 8.42 Å². The second-order valence-electron chi connectivity index (χ2n) is 7.35. The summed E-state index contributed by atoms with van der Waals surface area (Å²) in [5, 5.41) is 0.431. The lowest BCUT2D eigenvalue weighted by Crippen LogP contribution is -2.14. The lowest BCUT2D eigenvalue weighted by atomic mass is 9.93. The first-order valence-corrected chi connectivity index (χ1v) is 11.8. The Morgan fingerprint density at radius 1 is 0.781 bits per heavy atom. The fourth-order valence-corrected chi connectivity index (χ4v) is 4.66. The molecule has 0 aliphatic carbocycles. The molecule has 6 heteroatoms. The Morgan fingerprint density at radius 3 is 2.16 bits per heavy atom. The third-order valence-electron chi connectivity index (χ3n) is 5.06. The summed E-state index contributed by atoms with van der Waals surface area (Å²) in [5.41, 5.74) is 3.41. The lowest BCUT2D eigenvalue weighted by Gasteiger charge is -2.16. The van der Waals surface area contributed by atoms with Gasteiger partial charge in [0.25, 0.3) is 10.0 Å². The minimum atomic E-state index is -3.84. The Morgan fingerprint density at radius 2 is 1.44 bits per heavy atom. The summed E-state index contributed by atoms with van der Waals surface area (Å²) >= 11 is 6.26. The third kappa shape index (κ3) is 4.59. The molecule has 4 aromatic carbocycles. The van der Waals surface area contributed by atoms with E-state index >= 15 is 0 Å². The first-order valence-electron chi connectivity index (χ1n) is 9.93. The van der Waals surface area contributed by atoms with Crippen LogP contribution in [0, 0.1) is 6.92 Å². The molecular formula is C26H20ClNO3S. The van der Waals surface area contributed by atoms with E-state index in [2.05, 4.69) is 4.72 Å². The highest BCUT2D eigenvalue weighted by Gasteiger charge is 2.20. The van der Waals surface area contributed by atoms with Crippen LogP contribution in [-0.2, 0) is 10.0 Å². The van der Waals surface area contributed by atoms with E-state index in [-0.39, 0.29) is 10.7 Å². The predicted octanol–water partition coefficient (Wildman–Crippen LogP) is 6.35. The average molecular weight is 462 g/mol. The van der Waals surface area contributed by atoms with Gasteiger partial charge in [-0.2, -0.15) is 0 Å². The molecule has 0 saturated carbocycles. The zero-order valence-electron chi connectivity index (χ0n) is 17.2. The van der Waals surface area contributed by atoms with Crippen molar-refractivity contribution in [3.8, 4) is 11.1 Å². The molecular weight excluding hydrogens is 442 g/mol. The number of halogens is 1. The van der Waals surface area contributed by atoms with Crippen molar-refractivity contribution in [1.29, 1.82) is 0 Å². The first kappa shape index (κ1) is 21.8. The van der Waals surface area contributed by atoms with Crippen molar-refractivity contribution in [2.75, 3.05) is 4.72 Å². The van der Waals surface area contributed by atoms with Crippen molar-refractivity contribution in [2.45, 2.75) is 11.8 Å². The minimum Gasteiger partial charge on any atom is -0.289 e. The van der Waals surface area contributed by atoms with Crippen LogP contribution in [0.15, 0.2) is 102 Å². The van der Waals surface area contributed by atoms with Gasteiger partial charge in [-0.1, -0.05) is 83.9 Å². The number of aryl methyl sites for hydroxylation is 1. The molecule has 0 fully saturated rings. The van der Waals surface area contributed by atoms with E-state index in [0.717, 1.165) is 5.56 Å². The molecule has 0 saturated heterocycles. The quantitative estimate of drug-likeness (QED) is 0.340. The highest BCUT2D eigenvalue weighted by atomic mass is 35.5. The van der Waals surface area contributed by atoms with Gasteiger partial charge in [-0.15, -0.1) is 0 Å². The van der Waals surface area contributed by atoms with Crippen LogP contribution in [0.5, 0.6) is 0 Å². The summed E-state index contributed by atoms with van der Waals surface area (Å²) in [7, 11) is -3.84. The van der Waals surface area contributed by atoms with E-state index in [1.54, 1.807) is 91.0 Å². The van der Waals surface area contributed by atoms with Gasteiger partial charge >= 0.3 is 0 Å². The minimum absolute atomic E-state index is 0.151. The van der Waals surface area contributed by atoms with Gasteiger partial charge in [0.1, 0.15) is 0 Å². The van der Waals surface area contributed by atoms with Crippen LogP contribution in [0.4, 0.5) is 5.69 Å². The van der Waals surface area contributed by atoms with Crippen LogP contribution in [0.1, 0.15) is 21.5 Å². The second-order valence-corrected chi connectivity index (χ2v) is 9.47. The molecule has 0 atom stereocenters. The summed E-state index contributed by atoms with van der Waals surface area (Å²) in [5.74, 6) is -0.159. The Kier molecular flexibility index (Phi) is 6.12. The molecule has 0 spiro atoms. The molecule has 4 rings (SSSR count). The molecule has 0 heterocycles. The highest BCUT2D eigenvalue weighted by molar-refractivity contribution is 7.92. The molecule has 0 bridgehead atoms. The summed E-state index contributed by atoms with van der Waals surface area (Å²) < 4.78 is 28.7. The van der Waals surface area contributed by atoms with Gasteiger partial charge in [0.15, 0.2) is 5.78 Å². The number of anilines is 1. The zero-order chi connectivity index (χ0) is 22.7. The number of hydrogen-bond donors (Lipinski definition) is 1. The van der Waals surface area contributed by atoms with Gasteiger partial charge in [0, 0.05) is 21.7 Å². The van der Waals surface area contributed by atoms with E-state index in [9.17, 15) is 13.2 Å². The smallest absolute Gasteiger partial charge is 0.261 e. The molecule has 0 aromatic heterocycles. The highest BCUT2D eigenvalue weighted by Crippen LogP contribution is 2.35. The van der Waals surface area contributed by atoms with Gasteiger partial charge in [-0.05, 0) is 42.8 Å². The van der Waals surface area contributed by atoms with E-state index in [1.807, 2.05) is 13.0 Å². The maximum absolute atomic E-state index is 13.2. The Labute approximate surface area is 192 Å². The summed E-state index contributed by atoms with van der Waals surface area (Å²) in [6, 6.07) is 27.5. The van der Waals surface area contributed by atoms with Gasteiger partial charge < -0.3 is 0 Å². The molecule has 0 aliphatic heterocycles. The van der Waals surface area contributed by atoms with Crippen LogP contribution >= 0.6 is 11.6 Å². The van der Waals surface area contributed by atoms with Crippen LogP contribution in [-0.4, -0.2) is 14.2 Å². The maximum Gasteiger partial charge on any atom is 0.261 e. The second kappa shape index (κ2) is 8.99. The number of rotatable bonds is 6. The maximum atomic E-state index is 13.2. The Hall–Kier alpha value is -3.41. The number of ketones is 1. The monoisotopic (exact) mass is 461 g/mol. The number of carbonyl (C=O) groups excluding carboxylic acids is 1. The van der Waals surface area contributed by atoms with Gasteiger partial charge in [-0.3, -0.25) is 9.52 Å². The van der Waals surface area contributed by atoms with Crippen LogP contribution in [0.2, 0.25) is 5.02 Å². The van der Waals surface area contributed by atoms with Crippen molar-refractivity contribution >= 4 is 33.1 Å². The standard InChI is InChI=1S/C26H20ClNO3S/c1-18-11-14-21(15-12-18)32(30,31)28-25-16-13-20(27)17-24(25)22-9-5-6-10-23(22)26(29)19-7-3-2-4-8-19/h2-17,28H,1H3. The van der Waals surface area contributed by atoms with Gasteiger partial charge in [0.2, 0.25) is 0 Å². The fraction of sp³-hybridized carbons (Fsp3) is 0.0385. The molecule has 0 aliphatic rings. The van der Waals surface area contributed by atoms with Crippen LogP contribution in [0.25, 0.3) is 11.1 Å². The van der Waals surface area contributed by atoms with Gasteiger partial charge in [0.05, 0.1) is 10.6 Å². The molecule has 0 radical (unpaired) electrons. The summed E-state index contributed by atoms with van der Waals surface area (Å²) in [4.78, 5) is 13.4. The molecule has 4 aromatic rings. The van der Waals surface area contributed by atoms with E-state index < -0.39 is 10.0 Å². The topological polar surface area (TPSA) is 63.2 Å². The summed E-state index contributed by atoms with van der Waals surface area (Å²) in [6.07, 6.45) is 0. The fourth-order valence-electron chi connectivity index (χ4n) is 3.41. The SMILES string of the molecule is Cc1ccc(S(=O)(=O)Nc2ccc(Cl)cc2-c2ccccc2C(=O)c2ccccc2)cc1. The molecule has 0 unspecified atom stereocenters. The lowest BCUT2D eigenvalue weighted by molar-refractivity contribution is 0.103. The average Bonchev–Trinajstić information content (AvgIpc) is 2.80. The van der Waals surface area contributed by atoms with Crippen molar-refractivity contribution in [1.82, 2.24) is 0 Å². The molecule has 4 nitrogen and oxygen atoms in total. The molecule has 0 amide bonds. The number of benzene rings is 4. The molecule has 32 heavy (non-hydrogen) atoms. The number of sulfonamides is 1. The number of nitrogens with one attached hydrogen (secondary N) is 1. The zero-order valence-corrected chi connectivity index (χ0v) is 18.8. The Balaban J connectivity index is 1.80. The van der Waals surface area contributed by atoms with Crippen LogP contribution < -0.4 is 4.72 Å². The molecule has 160 valence electrons. The largest absolute Gasteiger partial charge is 0.289 e. The third-order valence-corrected chi connectivity index (χ3v) is 6.67. The number of hydrogen-bond acceptors (Lipinski definition) is 3. The van der Waals surface area contributed by atoms with Crippen molar-refractivity contribution in [2.24, 2.45) is 0 Å². The number of carbonyl (C=O) groups is 1. The van der Waals surface area contributed by atoms with Crippen molar-refractivity contribution in [3.05, 3.63) is 119 Å². The normalized spacial score (nSPS) is 11.2. The Bertz CT molecular complexity index is 1380. The van der Waals surface area contributed by atoms with E-state index in [1.165, 1.54) is 0 Å². The van der Waals surface area contributed by atoms with Crippen molar-refractivity contribution < 1.29 is 13.2 Å². The van der Waals surface area contributed by atoms with Crippen molar-refractivity contribution in [3.63, 3.8) is 0 Å². The molecule has 1 N–H and O–H groups in total. The summed E-state index contributed by atoms with van der Waals surface area (Å²) in [6.45, 7) is 1.89. The van der Waals surface area contributed by atoms with Crippen LogP contribution in [0.3, 0.4) is 0 Å². The van der Waals surface area contributed by atoms with E-state index in [0.29, 0.717) is 33.0 Å². The van der Waals surface area contributed by atoms with E-state index in [4.69, 9.17) is 11.6 Å². The predicted molar refractivity (Wildman–Crippen MR) is 129 cm³/mol. The first-order chi connectivity index (χ1) is 15.3.